The highest BCUT2D eigenvalue weighted by molar-refractivity contribution is 5.91. The minimum absolute atomic E-state index is 0.0682. The number of rotatable bonds is 3. The number of amides is 2. The molecule has 5 nitrogen and oxygen atoms in total. The third kappa shape index (κ3) is 3.86. The summed E-state index contributed by atoms with van der Waals surface area (Å²) in [6.45, 7) is 7.09. The van der Waals surface area contributed by atoms with Crippen molar-refractivity contribution in [3.8, 4) is 5.75 Å². The molecule has 1 aliphatic heterocycles. The van der Waals surface area contributed by atoms with Gasteiger partial charge in [-0.1, -0.05) is 12.1 Å². The number of benzene rings is 1. The molecule has 0 aliphatic carbocycles. The Kier molecular flexibility index (Phi) is 4.63. The molecule has 104 valence electrons. The summed E-state index contributed by atoms with van der Waals surface area (Å²) in [5.41, 5.74) is 0.722. The van der Waals surface area contributed by atoms with E-state index in [2.05, 4.69) is 10.6 Å². The highest BCUT2D eigenvalue weighted by Gasteiger charge is 2.17. The van der Waals surface area contributed by atoms with Crippen LogP contribution in [-0.2, 0) is 0 Å². The van der Waals surface area contributed by atoms with Crippen LogP contribution >= 0.6 is 0 Å². The largest absolute Gasteiger partial charge is 0.489 e. The number of ether oxygens (including phenoxy) is 1. The monoisotopic (exact) mass is 263 g/mol. The van der Waals surface area contributed by atoms with E-state index in [0.717, 1.165) is 31.9 Å². The van der Waals surface area contributed by atoms with E-state index in [1.54, 1.807) is 0 Å². The fraction of sp³-hybridized carbons (Fsp3) is 0.500. The topological polar surface area (TPSA) is 53.6 Å². The van der Waals surface area contributed by atoms with Crippen molar-refractivity contribution < 1.29 is 9.53 Å². The lowest BCUT2D eigenvalue weighted by Crippen LogP contribution is -2.48. The van der Waals surface area contributed by atoms with Gasteiger partial charge in [-0.2, -0.15) is 0 Å². The highest BCUT2D eigenvalue weighted by Crippen LogP contribution is 2.25. The molecule has 2 N–H and O–H groups in total. The zero-order valence-electron chi connectivity index (χ0n) is 11.5. The third-order valence-electron chi connectivity index (χ3n) is 2.90. The number of nitrogens with one attached hydrogen (secondary N) is 2. The number of para-hydroxylation sites is 2. The normalized spacial score (nSPS) is 15.4. The second kappa shape index (κ2) is 6.43. The van der Waals surface area contributed by atoms with Gasteiger partial charge < -0.3 is 20.3 Å². The Labute approximate surface area is 113 Å². The van der Waals surface area contributed by atoms with Gasteiger partial charge in [0, 0.05) is 26.2 Å². The molecule has 1 heterocycles. The quantitative estimate of drug-likeness (QED) is 0.876. The molecule has 0 saturated carbocycles. The first-order chi connectivity index (χ1) is 9.16. The van der Waals surface area contributed by atoms with Crippen LogP contribution < -0.4 is 15.4 Å². The molecule has 0 radical (unpaired) electrons. The van der Waals surface area contributed by atoms with Gasteiger partial charge in [0.25, 0.3) is 0 Å². The van der Waals surface area contributed by atoms with E-state index in [-0.39, 0.29) is 12.1 Å². The average Bonchev–Trinajstić information content (AvgIpc) is 2.41. The third-order valence-corrected chi connectivity index (χ3v) is 2.90. The smallest absolute Gasteiger partial charge is 0.322 e. The maximum absolute atomic E-state index is 12.1. The summed E-state index contributed by atoms with van der Waals surface area (Å²) in [6.07, 6.45) is 0.0808. The lowest BCUT2D eigenvalue weighted by molar-refractivity contribution is 0.203. The Bertz CT molecular complexity index is 428. The van der Waals surface area contributed by atoms with Crippen LogP contribution in [-0.4, -0.2) is 43.2 Å². The summed E-state index contributed by atoms with van der Waals surface area (Å²) in [5, 5.41) is 6.14. The summed E-state index contributed by atoms with van der Waals surface area (Å²) >= 11 is 0. The fourth-order valence-electron chi connectivity index (χ4n) is 1.99. The van der Waals surface area contributed by atoms with E-state index < -0.39 is 0 Å². The van der Waals surface area contributed by atoms with Gasteiger partial charge in [-0.3, -0.25) is 0 Å². The van der Waals surface area contributed by atoms with Crippen LogP contribution in [0.25, 0.3) is 0 Å². The molecule has 0 bridgehead atoms. The molecular formula is C14H21N3O2. The number of piperazine rings is 1. The predicted molar refractivity (Wildman–Crippen MR) is 75.7 cm³/mol. The van der Waals surface area contributed by atoms with Crippen LogP contribution in [0.2, 0.25) is 0 Å². The van der Waals surface area contributed by atoms with Gasteiger partial charge in [0.1, 0.15) is 5.75 Å². The van der Waals surface area contributed by atoms with Crippen LogP contribution in [0.4, 0.5) is 10.5 Å². The van der Waals surface area contributed by atoms with Crippen LogP contribution in [0.5, 0.6) is 5.75 Å². The molecule has 0 unspecified atom stereocenters. The molecule has 0 aromatic heterocycles. The summed E-state index contributed by atoms with van der Waals surface area (Å²) in [6, 6.07) is 7.45. The Balaban J connectivity index is 2.03. The molecule has 19 heavy (non-hydrogen) atoms. The Morgan fingerprint density at radius 2 is 2.00 bits per heavy atom. The van der Waals surface area contributed by atoms with Gasteiger partial charge in [-0.15, -0.1) is 0 Å². The lowest BCUT2D eigenvalue weighted by atomic mass is 10.3. The molecule has 1 saturated heterocycles. The van der Waals surface area contributed by atoms with Crippen LogP contribution in [0.15, 0.2) is 24.3 Å². The molecular weight excluding hydrogens is 242 g/mol. The molecule has 2 amide bonds. The summed E-state index contributed by atoms with van der Waals surface area (Å²) in [7, 11) is 0. The number of hydrogen-bond donors (Lipinski definition) is 2. The molecule has 1 aliphatic rings. The van der Waals surface area contributed by atoms with Crippen molar-refractivity contribution in [1.29, 1.82) is 0 Å². The van der Waals surface area contributed by atoms with Crippen molar-refractivity contribution in [3.05, 3.63) is 24.3 Å². The van der Waals surface area contributed by atoms with E-state index in [0.29, 0.717) is 5.75 Å². The van der Waals surface area contributed by atoms with Gasteiger partial charge >= 0.3 is 6.03 Å². The van der Waals surface area contributed by atoms with Gasteiger partial charge in [-0.25, -0.2) is 4.79 Å². The zero-order chi connectivity index (χ0) is 13.7. The highest BCUT2D eigenvalue weighted by atomic mass is 16.5. The molecule has 0 atom stereocenters. The second-order valence-electron chi connectivity index (χ2n) is 4.83. The van der Waals surface area contributed by atoms with Gasteiger partial charge in [0.05, 0.1) is 11.8 Å². The molecule has 5 heteroatoms. The zero-order valence-corrected chi connectivity index (χ0v) is 11.5. The van der Waals surface area contributed by atoms with Gasteiger partial charge in [0.15, 0.2) is 0 Å². The van der Waals surface area contributed by atoms with Crippen LogP contribution in [0.3, 0.4) is 0 Å². The first-order valence-corrected chi connectivity index (χ1v) is 6.69. The molecule has 2 rings (SSSR count). The molecule has 1 fully saturated rings. The number of nitrogens with zero attached hydrogens (tertiary/aromatic N) is 1. The van der Waals surface area contributed by atoms with E-state index >= 15 is 0 Å². The van der Waals surface area contributed by atoms with Crippen molar-refractivity contribution in [2.45, 2.75) is 20.0 Å². The van der Waals surface area contributed by atoms with E-state index in [1.165, 1.54) is 0 Å². The SMILES string of the molecule is CC(C)Oc1ccccc1NC(=O)N1CCNCC1. The maximum Gasteiger partial charge on any atom is 0.322 e. The van der Waals surface area contributed by atoms with Crippen molar-refractivity contribution in [2.75, 3.05) is 31.5 Å². The van der Waals surface area contributed by atoms with E-state index in [1.807, 2.05) is 43.0 Å². The maximum atomic E-state index is 12.1. The number of urea groups is 1. The minimum atomic E-state index is -0.0682. The number of carbonyl (C=O) groups excluding carboxylic acids is 1. The average molecular weight is 263 g/mol. The van der Waals surface area contributed by atoms with Gasteiger partial charge in [0.2, 0.25) is 0 Å². The number of hydrogen-bond acceptors (Lipinski definition) is 3. The van der Waals surface area contributed by atoms with E-state index in [9.17, 15) is 4.79 Å². The Morgan fingerprint density at radius 3 is 2.68 bits per heavy atom. The fourth-order valence-corrected chi connectivity index (χ4v) is 1.99. The van der Waals surface area contributed by atoms with Crippen molar-refractivity contribution in [3.63, 3.8) is 0 Å². The second-order valence-corrected chi connectivity index (χ2v) is 4.83. The summed E-state index contributed by atoms with van der Waals surface area (Å²) < 4.78 is 5.69. The first kappa shape index (κ1) is 13.7. The Morgan fingerprint density at radius 1 is 1.32 bits per heavy atom. The van der Waals surface area contributed by atoms with Crippen LogP contribution in [0, 0.1) is 0 Å². The van der Waals surface area contributed by atoms with Crippen LogP contribution in [0.1, 0.15) is 13.8 Å². The number of anilines is 1. The van der Waals surface area contributed by atoms with E-state index in [4.69, 9.17) is 4.74 Å². The Hall–Kier alpha value is -1.75. The van der Waals surface area contributed by atoms with Crippen molar-refractivity contribution in [1.82, 2.24) is 10.2 Å². The van der Waals surface area contributed by atoms with Gasteiger partial charge in [-0.05, 0) is 26.0 Å². The molecule has 0 spiro atoms. The van der Waals surface area contributed by atoms with Crippen molar-refractivity contribution >= 4 is 11.7 Å². The standard InChI is InChI=1S/C14H21N3O2/c1-11(2)19-13-6-4-3-5-12(13)16-14(18)17-9-7-15-8-10-17/h3-6,11,15H,7-10H2,1-2H3,(H,16,18). The molecule has 1 aromatic carbocycles. The minimum Gasteiger partial charge on any atom is -0.489 e. The number of carbonyl (C=O) groups is 1. The summed E-state index contributed by atoms with van der Waals surface area (Å²) in [5.74, 6) is 0.709. The molecule has 1 aromatic rings. The summed E-state index contributed by atoms with van der Waals surface area (Å²) in [4.78, 5) is 13.9. The lowest BCUT2D eigenvalue weighted by Gasteiger charge is -2.28. The predicted octanol–water partition coefficient (Wildman–Crippen LogP) is 1.91. The van der Waals surface area contributed by atoms with Crippen molar-refractivity contribution in [2.24, 2.45) is 0 Å². The first-order valence-electron chi connectivity index (χ1n) is 6.69.